The molecular weight excluding hydrogens is 403 g/mol. The van der Waals surface area contributed by atoms with Gasteiger partial charge < -0.3 is 14.8 Å². The molecular formula is C20H20Cl2N2O4. The summed E-state index contributed by atoms with van der Waals surface area (Å²) in [4.78, 5) is 28.6. The molecule has 1 fully saturated rings. The van der Waals surface area contributed by atoms with Crippen LogP contribution in [-0.4, -0.2) is 29.8 Å². The fourth-order valence-corrected chi connectivity index (χ4v) is 3.39. The first-order valence-electron chi connectivity index (χ1n) is 8.98. The lowest BCUT2D eigenvalue weighted by Gasteiger charge is -2.24. The molecule has 1 amide bonds. The van der Waals surface area contributed by atoms with Crippen LogP contribution in [-0.2, 0) is 14.3 Å². The van der Waals surface area contributed by atoms with Gasteiger partial charge in [-0.15, -0.1) is 0 Å². The van der Waals surface area contributed by atoms with Gasteiger partial charge in [0.15, 0.2) is 0 Å². The minimum absolute atomic E-state index is 0.159. The average Bonchev–Trinajstić information content (AvgIpc) is 2.68. The van der Waals surface area contributed by atoms with Crippen LogP contribution in [0.5, 0.6) is 0 Å². The predicted molar refractivity (Wildman–Crippen MR) is 107 cm³/mol. The maximum absolute atomic E-state index is 12.4. The van der Waals surface area contributed by atoms with Crippen LogP contribution in [0.25, 0.3) is 0 Å². The van der Waals surface area contributed by atoms with Gasteiger partial charge in [-0.2, -0.15) is 0 Å². The quantitative estimate of drug-likeness (QED) is 0.699. The van der Waals surface area contributed by atoms with Crippen LogP contribution >= 0.6 is 23.2 Å². The van der Waals surface area contributed by atoms with Crippen LogP contribution in [0, 0.1) is 0 Å². The Morgan fingerprint density at radius 3 is 2.46 bits per heavy atom. The number of esters is 1. The van der Waals surface area contributed by atoms with Gasteiger partial charge in [0.2, 0.25) is 6.29 Å². The summed E-state index contributed by atoms with van der Waals surface area (Å²) in [6.07, 6.45) is 4.96. The lowest BCUT2D eigenvalue weighted by Crippen LogP contribution is -2.27. The van der Waals surface area contributed by atoms with Crippen molar-refractivity contribution in [3.8, 4) is 0 Å². The van der Waals surface area contributed by atoms with Gasteiger partial charge in [0, 0.05) is 24.5 Å². The number of carbonyl (C=O) groups excluding carboxylic acids is 2. The molecule has 1 saturated heterocycles. The summed E-state index contributed by atoms with van der Waals surface area (Å²) in [6.45, 7) is 2.39. The van der Waals surface area contributed by atoms with Crippen molar-refractivity contribution in [2.75, 3.05) is 11.9 Å². The van der Waals surface area contributed by atoms with Gasteiger partial charge >= 0.3 is 5.97 Å². The first-order valence-corrected chi connectivity index (χ1v) is 9.73. The fourth-order valence-electron chi connectivity index (χ4n) is 2.85. The third kappa shape index (κ3) is 5.01. The van der Waals surface area contributed by atoms with Crippen LogP contribution < -0.4 is 5.32 Å². The van der Waals surface area contributed by atoms with E-state index in [-0.39, 0.29) is 21.6 Å². The number of ether oxygens (including phenoxy) is 2. The van der Waals surface area contributed by atoms with E-state index >= 15 is 0 Å². The zero-order valence-electron chi connectivity index (χ0n) is 15.3. The Labute approximate surface area is 173 Å². The molecule has 6 nitrogen and oxygen atoms in total. The van der Waals surface area contributed by atoms with Crippen molar-refractivity contribution in [2.45, 2.75) is 38.4 Å². The molecule has 0 spiro atoms. The number of hydrogen-bond acceptors (Lipinski definition) is 5. The Morgan fingerprint density at radius 2 is 1.86 bits per heavy atom. The standard InChI is InChI=1S/C20H20Cl2N2O4/c1-12(20(26)28-17-4-2-3-9-27-17)13-5-7-14(8-6-13)24-19(25)18-15(21)10-23-11-16(18)22/h5-8,10-12,17H,2-4,9H2,1H3,(H,24,25). The van der Waals surface area contributed by atoms with Gasteiger partial charge in [0.1, 0.15) is 0 Å². The highest BCUT2D eigenvalue weighted by molar-refractivity contribution is 6.40. The largest absolute Gasteiger partial charge is 0.435 e. The monoisotopic (exact) mass is 422 g/mol. The number of nitrogens with zero attached hydrogens (tertiary/aromatic N) is 1. The SMILES string of the molecule is CC(C(=O)OC1CCCCO1)c1ccc(NC(=O)c2c(Cl)cncc2Cl)cc1. The molecule has 0 bridgehead atoms. The third-order valence-corrected chi connectivity index (χ3v) is 5.06. The second kappa shape index (κ2) is 9.37. The molecule has 1 aliphatic rings. The summed E-state index contributed by atoms with van der Waals surface area (Å²) < 4.78 is 10.9. The second-order valence-electron chi connectivity index (χ2n) is 6.51. The van der Waals surface area contributed by atoms with Crippen LogP contribution in [0.1, 0.15) is 48.0 Å². The lowest BCUT2D eigenvalue weighted by atomic mass is 10.0. The number of aromatic nitrogens is 1. The number of pyridine rings is 1. The number of nitrogens with one attached hydrogen (secondary N) is 1. The van der Waals surface area contributed by atoms with Crippen molar-refractivity contribution in [1.29, 1.82) is 0 Å². The molecule has 2 unspecified atom stereocenters. The van der Waals surface area contributed by atoms with Gasteiger partial charge in [-0.25, -0.2) is 0 Å². The molecule has 1 N–H and O–H groups in total. The van der Waals surface area contributed by atoms with Gasteiger partial charge in [-0.1, -0.05) is 35.3 Å². The smallest absolute Gasteiger partial charge is 0.315 e. The fraction of sp³-hybridized carbons (Fsp3) is 0.350. The Balaban J connectivity index is 1.62. The molecule has 1 aliphatic heterocycles. The molecule has 148 valence electrons. The number of anilines is 1. The number of halogens is 2. The van der Waals surface area contributed by atoms with Crippen LogP contribution in [0.3, 0.4) is 0 Å². The van der Waals surface area contributed by atoms with E-state index in [9.17, 15) is 9.59 Å². The molecule has 1 aromatic carbocycles. The Morgan fingerprint density at radius 1 is 1.18 bits per heavy atom. The van der Waals surface area contributed by atoms with E-state index < -0.39 is 18.1 Å². The van der Waals surface area contributed by atoms with E-state index in [4.69, 9.17) is 32.7 Å². The molecule has 0 radical (unpaired) electrons. The summed E-state index contributed by atoms with van der Waals surface area (Å²) in [5.74, 6) is -1.22. The summed E-state index contributed by atoms with van der Waals surface area (Å²) in [6, 6.07) is 6.94. The molecule has 2 heterocycles. The summed E-state index contributed by atoms with van der Waals surface area (Å²) in [5, 5.41) is 3.07. The number of carbonyl (C=O) groups is 2. The van der Waals surface area contributed by atoms with Gasteiger partial charge in [-0.05, 0) is 37.5 Å². The maximum Gasteiger partial charge on any atom is 0.315 e. The first kappa shape index (κ1) is 20.6. The van der Waals surface area contributed by atoms with Crippen LogP contribution in [0.4, 0.5) is 5.69 Å². The molecule has 0 saturated carbocycles. The normalized spacial score (nSPS) is 17.6. The van der Waals surface area contributed by atoms with E-state index in [0.717, 1.165) is 24.8 Å². The number of benzene rings is 1. The van der Waals surface area contributed by atoms with Gasteiger partial charge in [-0.3, -0.25) is 14.6 Å². The molecule has 2 atom stereocenters. The Kier molecular flexibility index (Phi) is 6.88. The molecule has 2 aromatic rings. The van der Waals surface area contributed by atoms with Crippen molar-refractivity contribution < 1.29 is 19.1 Å². The lowest BCUT2D eigenvalue weighted by molar-refractivity contribution is -0.188. The Bertz CT molecular complexity index is 832. The zero-order chi connectivity index (χ0) is 20.1. The molecule has 8 heteroatoms. The van der Waals surface area contributed by atoms with E-state index in [1.165, 1.54) is 12.4 Å². The number of amides is 1. The second-order valence-corrected chi connectivity index (χ2v) is 7.32. The molecule has 3 rings (SSSR count). The van der Waals surface area contributed by atoms with E-state index in [1.54, 1.807) is 31.2 Å². The number of hydrogen-bond donors (Lipinski definition) is 1. The molecule has 1 aromatic heterocycles. The van der Waals surface area contributed by atoms with E-state index in [1.807, 2.05) is 0 Å². The van der Waals surface area contributed by atoms with E-state index in [2.05, 4.69) is 10.3 Å². The van der Waals surface area contributed by atoms with Gasteiger partial charge in [0.25, 0.3) is 5.91 Å². The van der Waals surface area contributed by atoms with Crippen LogP contribution in [0.2, 0.25) is 10.0 Å². The third-order valence-electron chi connectivity index (χ3n) is 4.49. The topological polar surface area (TPSA) is 77.5 Å². The zero-order valence-corrected chi connectivity index (χ0v) is 16.8. The maximum atomic E-state index is 12.4. The summed E-state index contributed by atoms with van der Waals surface area (Å²) in [5.41, 5.74) is 1.49. The molecule has 28 heavy (non-hydrogen) atoms. The first-order chi connectivity index (χ1) is 13.5. The highest BCUT2D eigenvalue weighted by Gasteiger charge is 2.23. The Hall–Kier alpha value is -2.15. The predicted octanol–water partition coefficient (Wildman–Crippen LogP) is 4.81. The highest BCUT2D eigenvalue weighted by Crippen LogP contribution is 2.25. The van der Waals surface area contributed by atoms with Crippen molar-refractivity contribution in [2.24, 2.45) is 0 Å². The van der Waals surface area contributed by atoms with Crippen molar-refractivity contribution in [1.82, 2.24) is 4.98 Å². The minimum atomic E-state index is -0.461. The summed E-state index contributed by atoms with van der Waals surface area (Å²) in [7, 11) is 0. The van der Waals surface area contributed by atoms with Crippen LogP contribution in [0.15, 0.2) is 36.7 Å². The van der Waals surface area contributed by atoms with Crippen molar-refractivity contribution in [3.63, 3.8) is 0 Å². The van der Waals surface area contributed by atoms with Crippen molar-refractivity contribution >= 4 is 40.8 Å². The summed E-state index contributed by atoms with van der Waals surface area (Å²) >= 11 is 12.0. The highest BCUT2D eigenvalue weighted by atomic mass is 35.5. The van der Waals surface area contributed by atoms with Gasteiger partial charge in [0.05, 0.1) is 28.1 Å². The minimum Gasteiger partial charge on any atom is -0.435 e. The van der Waals surface area contributed by atoms with E-state index in [0.29, 0.717) is 12.3 Å². The number of rotatable bonds is 5. The average molecular weight is 423 g/mol. The molecule has 0 aliphatic carbocycles. The van der Waals surface area contributed by atoms with Crippen molar-refractivity contribution in [3.05, 3.63) is 57.8 Å².